The van der Waals surface area contributed by atoms with Gasteiger partial charge in [-0.05, 0) is 18.2 Å². The first-order valence-electron chi connectivity index (χ1n) is 3.57. The van der Waals surface area contributed by atoms with Gasteiger partial charge in [0.05, 0.1) is 16.8 Å². The van der Waals surface area contributed by atoms with Gasteiger partial charge in [0.1, 0.15) is 0 Å². The predicted octanol–water partition coefficient (Wildman–Crippen LogP) is 0.884. The molecule has 0 saturated carbocycles. The minimum atomic E-state index is -1.32. The summed E-state index contributed by atoms with van der Waals surface area (Å²) in [5.74, 6) is -2.54. The van der Waals surface area contributed by atoms with Crippen molar-refractivity contribution in [3.8, 4) is 0 Å². The molecule has 0 fully saturated rings. The van der Waals surface area contributed by atoms with Crippen molar-refractivity contribution in [1.29, 1.82) is 0 Å². The van der Waals surface area contributed by atoms with E-state index in [4.69, 9.17) is 15.4 Å². The fraction of sp³-hybridized carbons (Fsp3) is 0. The maximum Gasteiger partial charge on any atom is 0.337 e. The molecule has 74 valence electrons. The average Bonchev–Trinajstić information content (AvgIpc) is 2.16. The van der Waals surface area contributed by atoms with E-state index in [0.29, 0.717) is 0 Å². The molecule has 0 amide bonds. The quantitative estimate of drug-likeness (QED) is 0.536. The minimum Gasteiger partial charge on any atom is -0.478 e. The van der Waals surface area contributed by atoms with Crippen LogP contribution in [0.4, 0.5) is 5.69 Å². The van der Waals surface area contributed by atoms with Gasteiger partial charge in [-0.3, -0.25) is 10.7 Å². The first-order chi connectivity index (χ1) is 6.56. The van der Waals surface area contributed by atoms with Crippen LogP contribution in [0.15, 0.2) is 18.2 Å². The Morgan fingerprint density at radius 2 is 1.79 bits per heavy atom. The molecular formula is C8H7NO5. The molecule has 6 heteroatoms. The van der Waals surface area contributed by atoms with E-state index >= 15 is 0 Å². The third-order valence-corrected chi connectivity index (χ3v) is 1.62. The Morgan fingerprint density at radius 1 is 1.14 bits per heavy atom. The fourth-order valence-electron chi connectivity index (χ4n) is 0.952. The second-order valence-electron chi connectivity index (χ2n) is 2.48. The van der Waals surface area contributed by atoms with E-state index in [0.717, 1.165) is 6.07 Å². The number of carbonyl (C=O) groups is 2. The molecule has 0 bridgehead atoms. The lowest BCUT2D eigenvalue weighted by molar-refractivity contribution is 0.0696. The first-order valence-corrected chi connectivity index (χ1v) is 3.57. The normalized spacial score (nSPS) is 9.50. The van der Waals surface area contributed by atoms with E-state index in [-0.39, 0.29) is 16.8 Å². The van der Waals surface area contributed by atoms with Crippen LogP contribution >= 0.6 is 0 Å². The van der Waals surface area contributed by atoms with Crippen molar-refractivity contribution in [2.45, 2.75) is 0 Å². The van der Waals surface area contributed by atoms with Crippen LogP contribution in [0, 0.1) is 0 Å². The molecule has 4 N–H and O–H groups in total. The largest absolute Gasteiger partial charge is 0.478 e. The zero-order valence-corrected chi connectivity index (χ0v) is 6.89. The van der Waals surface area contributed by atoms with E-state index in [2.05, 4.69) is 0 Å². The molecule has 1 aromatic carbocycles. The number of carboxylic acids is 2. The topological polar surface area (TPSA) is 107 Å². The summed E-state index contributed by atoms with van der Waals surface area (Å²) < 4.78 is 0. The van der Waals surface area contributed by atoms with Gasteiger partial charge in [0.15, 0.2) is 0 Å². The predicted molar refractivity (Wildman–Crippen MR) is 45.8 cm³/mol. The molecule has 0 aromatic heterocycles. The van der Waals surface area contributed by atoms with Crippen molar-refractivity contribution in [2.24, 2.45) is 0 Å². The summed E-state index contributed by atoms with van der Waals surface area (Å²) in [6.45, 7) is 0. The van der Waals surface area contributed by atoms with Gasteiger partial charge in [-0.25, -0.2) is 9.59 Å². The van der Waals surface area contributed by atoms with Crippen LogP contribution in [0.1, 0.15) is 20.7 Å². The van der Waals surface area contributed by atoms with Gasteiger partial charge in [-0.1, -0.05) is 0 Å². The summed E-state index contributed by atoms with van der Waals surface area (Å²) in [4.78, 5) is 21.1. The van der Waals surface area contributed by atoms with Gasteiger partial charge in [0.25, 0.3) is 0 Å². The average molecular weight is 197 g/mol. The smallest absolute Gasteiger partial charge is 0.337 e. The van der Waals surface area contributed by atoms with E-state index in [1.165, 1.54) is 12.1 Å². The highest BCUT2D eigenvalue weighted by Gasteiger charge is 2.13. The number of carboxylic acid groups (broad SMARTS) is 2. The maximum absolute atomic E-state index is 10.6. The Balaban J connectivity index is 3.27. The Kier molecular flexibility index (Phi) is 2.68. The summed E-state index contributed by atoms with van der Waals surface area (Å²) in [6, 6.07) is 3.32. The molecule has 14 heavy (non-hydrogen) atoms. The lowest BCUT2D eigenvalue weighted by Crippen LogP contribution is -2.06. The lowest BCUT2D eigenvalue weighted by atomic mass is 10.1. The van der Waals surface area contributed by atoms with Crippen molar-refractivity contribution in [3.63, 3.8) is 0 Å². The summed E-state index contributed by atoms with van der Waals surface area (Å²) in [5, 5.41) is 25.8. The molecule has 0 spiro atoms. The van der Waals surface area contributed by atoms with Crippen LogP contribution in [0.3, 0.4) is 0 Å². The number of hydrogen-bond donors (Lipinski definition) is 4. The SMILES string of the molecule is O=C(O)c1ccc(NO)c(C(=O)O)c1. The number of aromatic carboxylic acids is 2. The van der Waals surface area contributed by atoms with Crippen molar-refractivity contribution >= 4 is 17.6 Å². The zero-order chi connectivity index (χ0) is 10.7. The Hall–Kier alpha value is -2.08. The number of nitrogens with one attached hydrogen (secondary N) is 1. The lowest BCUT2D eigenvalue weighted by Gasteiger charge is -2.04. The van der Waals surface area contributed by atoms with Gasteiger partial charge >= 0.3 is 11.9 Å². The number of rotatable bonds is 3. The summed E-state index contributed by atoms with van der Waals surface area (Å²) in [7, 11) is 0. The Morgan fingerprint density at radius 3 is 2.21 bits per heavy atom. The second kappa shape index (κ2) is 3.75. The molecule has 1 rings (SSSR count). The maximum atomic E-state index is 10.6. The van der Waals surface area contributed by atoms with Gasteiger partial charge in [0, 0.05) is 0 Å². The van der Waals surface area contributed by atoms with Crippen LogP contribution in [-0.2, 0) is 0 Å². The van der Waals surface area contributed by atoms with Crippen molar-refractivity contribution < 1.29 is 25.0 Å². The summed E-state index contributed by atoms with van der Waals surface area (Å²) in [5.41, 5.74) is 1.17. The zero-order valence-electron chi connectivity index (χ0n) is 6.89. The number of benzene rings is 1. The summed E-state index contributed by atoms with van der Waals surface area (Å²) >= 11 is 0. The van der Waals surface area contributed by atoms with Crippen LogP contribution in [-0.4, -0.2) is 27.4 Å². The van der Waals surface area contributed by atoms with Crippen LogP contribution in [0.5, 0.6) is 0 Å². The summed E-state index contributed by atoms with van der Waals surface area (Å²) in [6.07, 6.45) is 0. The van der Waals surface area contributed by atoms with Gasteiger partial charge < -0.3 is 10.2 Å². The van der Waals surface area contributed by atoms with Crippen molar-refractivity contribution in [1.82, 2.24) is 0 Å². The molecule has 0 heterocycles. The Bertz CT molecular complexity index is 387. The molecule has 0 unspecified atom stereocenters. The monoisotopic (exact) mass is 197 g/mol. The van der Waals surface area contributed by atoms with E-state index in [9.17, 15) is 9.59 Å². The highest BCUT2D eigenvalue weighted by atomic mass is 16.5. The highest BCUT2D eigenvalue weighted by molar-refractivity contribution is 5.98. The fourth-order valence-corrected chi connectivity index (χ4v) is 0.952. The number of hydrogen-bond acceptors (Lipinski definition) is 4. The Labute approximate surface area is 78.4 Å². The minimum absolute atomic E-state index is 0.0532. The first kappa shape index (κ1) is 10.0. The van der Waals surface area contributed by atoms with E-state index in [1.54, 1.807) is 5.48 Å². The van der Waals surface area contributed by atoms with Gasteiger partial charge in [0.2, 0.25) is 0 Å². The molecular weight excluding hydrogens is 190 g/mol. The third kappa shape index (κ3) is 1.80. The van der Waals surface area contributed by atoms with Crippen molar-refractivity contribution in [2.75, 3.05) is 5.48 Å². The van der Waals surface area contributed by atoms with Crippen LogP contribution < -0.4 is 5.48 Å². The molecule has 1 aromatic rings. The van der Waals surface area contributed by atoms with E-state index in [1.807, 2.05) is 0 Å². The van der Waals surface area contributed by atoms with Gasteiger partial charge in [-0.2, -0.15) is 0 Å². The van der Waals surface area contributed by atoms with E-state index < -0.39 is 11.9 Å². The number of anilines is 1. The molecule has 0 atom stereocenters. The van der Waals surface area contributed by atoms with Crippen LogP contribution in [0.2, 0.25) is 0 Å². The van der Waals surface area contributed by atoms with Crippen molar-refractivity contribution in [3.05, 3.63) is 29.3 Å². The highest BCUT2D eigenvalue weighted by Crippen LogP contribution is 2.16. The molecule has 0 aliphatic carbocycles. The van der Waals surface area contributed by atoms with Gasteiger partial charge in [-0.15, -0.1) is 0 Å². The molecule has 0 radical (unpaired) electrons. The second-order valence-corrected chi connectivity index (χ2v) is 2.48. The third-order valence-electron chi connectivity index (χ3n) is 1.62. The molecule has 0 aliphatic rings. The molecule has 0 saturated heterocycles. The molecule has 6 nitrogen and oxygen atoms in total. The van der Waals surface area contributed by atoms with Crippen LogP contribution in [0.25, 0.3) is 0 Å². The standard InChI is InChI=1S/C8H7NO5/c10-7(11)4-1-2-6(9-14)5(3-4)8(12)13/h1-3,9,14H,(H,10,11)(H,12,13). The molecule has 0 aliphatic heterocycles.